The topological polar surface area (TPSA) is 77.0 Å². The van der Waals surface area contributed by atoms with Crippen molar-refractivity contribution in [2.45, 2.75) is 39.8 Å². The second-order valence-electron chi connectivity index (χ2n) is 7.75. The monoisotopic (exact) mass is 435 g/mol. The Morgan fingerprint density at radius 2 is 1.75 bits per heavy atom. The van der Waals surface area contributed by atoms with Crippen LogP contribution in [0.3, 0.4) is 0 Å². The summed E-state index contributed by atoms with van der Waals surface area (Å²) in [6.07, 6.45) is 0.432. The fraction of sp³-hybridized carbons (Fsp3) is 0.400. The average molecular weight is 436 g/mol. The number of amides is 2. The van der Waals surface area contributed by atoms with Crippen molar-refractivity contribution >= 4 is 23.5 Å². The van der Waals surface area contributed by atoms with E-state index in [-0.39, 0.29) is 17.9 Å². The zero-order valence-electron chi connectivity index (χ0n) is 19.2. The first kappa shape index (κ1) is 23.3. The highest BCUT2D eigenvalue weighted by Gasteiger charge is 2.31. The summed E-state index contributed by atoms with van der Waals surface area (Å²) in [4.78, 5) is 33.2. The van der Waals surface area contributed by atoms with Gasteiger partial charge in [-0.15, -0.1) is 0 Å². The molecule has 1 atom stereocenters. The number of para-hydroxylation sites is 1. The van der Waals surface area contributed by atoms with Crippen LogP contribution in [0.15, 0.2) is 59.6 Å². The summed E-state index contributed by atoms with van der Waals surface area (Å²) in [7, 11) is 0. The van der Waals surface area contributed by atoms with E-state index in [9.17, 15) is 9.59 Å². The Kier molecular flexibility index (Phi) is 8.25. The quantitative estimate of drug-likeness (QED) is 0.494. The number of guanidine groups is 1. The van der Waals surface area contributed by atoms with E-state index in [0.717, 1.165) is 17.8 Å². The minimum Gasteiger partial charge on any atom is -0.357 e. The summed E-state index contributed by atoms with van der Waals surface area (Å²) in [5.41, 5.74) is 2.63. The largest absolute Gasteiger partial charge is 0.357 e. The van der Waals surface area contributed by atoms with Crippen molar-refractivity contribution in [3.8, 4) is 0 Å². The highest BCUT2D eigenvalue weighted by molar-refractivity contribution is 5.97. The summed E-state index contributed by atoms with van der Waals surface area (Å²) in [6, 6.07) is 17.3. The van der Waals surface area contributed by atoms with Gasteiger partial charge in [-0.25, -0.2) is 4.99 Å². The second-order valence-corrected chi connectivity index (χ2v) is 7.75. The lowest BCUT2D eigenvalue weighted by Gasteiger charge is -2.19. The van der Waals surface area contributed by atoms with E-state index in [4.69, 9.17) is 0 Å². The fourth-order valence-electron chi connectivity index (χ4n) is 3.79. The molecule has 1 heterocycles. The summed E-state index contributed by atoms with van der Waals surface area (Å²) in [5.74, 6) is 0.843. The molecule has 2 aromatic carbocycles. The van der Waals surface area contributed by atoms with Crippen LogP contribution in [0.1, 0.15) is 43.1 Å². The van der Waals surface area contributed by atoms with Gasteiger partial charge in [0.2, 0.25) is 5.91 Å². The van der Waals surface area contributed by atoms with Crippen molar-refractivity contribution in [1.29, 1.82) is 0 Å². The molecule has 7 heteroatoms. The third-order valence-electron chi connectivity index (χ3n) is 5.55. The Balaban J connectivity index is 1.62. The highest BCUT2D eigenvalue weighted by atomic mass is 16.2. The first-order chi connectivity index (χ1) is 15.5. The van der Waals surface area contributed by atoms with Crippen LogP contribution in [0.25, 0.3) is 0 Å². The smallest absolute Gasteiger partial charge is 0.253 e. The van der Waals surface area contributed by atoms with Crippen LogP contribution >= 0.6 is 0 Å². The van der Waals surface area contributed by atoms with E-state index in [2.05, 4.69) is 15.6 Å². The summed E-state index contributed by atoms with van der Waals surface area (Å²) < 4.78 is 0. The maximum absolute atomic E-state index is 12.5. The minimum absolute atomic E-state index is 0.00502. The number of carbonyl (C=O) groups excluding carboxylic acids is 2. The molecular formula is C25H33N5O2. The molecular weight excluding hydrogens is 402 g/mol. The van der Waals surface area contributed by atoms with Gasteiger partial charge >= 0.3 is 0 Å². The Morgan fingerprint density at radius 1 is 1.06 bits per heavy atom. The van der Waals surface area contributed by atoms with Crippen LogP contribution in [-0.2, 0) is 11.3 Å². The molecule has 1 saturated heterocycles. The van der Waals surface area contributed by atoms with Gasteiger partial charge in [0.1, 0.15) is 0 Å². The third kappa shape index (κ3) is 5.87. The normalized spacial score (nSPS) is 16.2. The molecule has 0 spiro atoms. The maximum atomic E-state index is 12.5. The summed E-state index contributed by atoms with van der Waals surface area (Å²) in [5, 5.41) is 6.65. The molecule has 0 bridgehead atoms. The van der Waals surface area contributed by atoms with Crippen LogP contribution in [0.2, 0.25) is 0 Å². The van der Waals surface area contributed by atoms with Gasteiger partial charge in [0, 0.05) is 43.9 Å². The third-order valence-corrected chi connectivity index (χ3v) is 5.55. The van der Waals surface area contributed by atoms with E-state index >= 15 is 0 Å². The van der Waals surface area contributed by atoms with Crippen molar-refractivity contribution in [2.24, 2.45) is 4.99 Å². The molecule has 1 aliphatic rings. The molecule has 2 amide bonds. The number of nitrogens with zero attached hydrogens (tertiary/aromatic N) is 3. The lowest BCUT2D eigenvalue weighted by atomic mass is 10.1. The molecule has 170 valence electrons. The van der Waals surface area contributed by atoms with Crippen LogP contribution in [0.5, 0.6) is 0 Å². The van der Waals surface area contributed by atoms with Crippen molar-refractivity contribution in [3.05, 3.63) is 65.7 Å². The van der Waals surface area contributed by atoms with Crippen molar-refractivity contribution in [1.82, 2.24) is 15.5 Å². The Labute approximate surface area is 190 Å². The second kappa shape index (κ2) is 11.3. The van der Waals surface area contributed by atoms with Crippen LogP contribution in [-0.4, -0.2) is 54.9 Å². The Hall–Kier alpha value is -3.35. The fourth-order valence-corrected chi connectivity index (χ4v) is 3.79. The van der Waals surface area contributed by atoms with E-state index in [0.29, 0.717) is 44.1 Å². The standard InChI is InChI=1S/C25H33N5O2/c1-4-26-25(28-21-16-23(31)30(18-21)22-10-8-7-9-11-22)27-17-19-12-14-20(15-13-19)24(32)29(5-2)6-3/h7-15,21H,4-6,16-18H2,1-3H3,(H2,26,27,28). The van der Waals surface area contributed by atoms with Gasteiger partial charge < -0.3 is 20.4 Å². The van der Waals surface area contributed by atoms with Crippen LogP contribution in [0, 0.1) is 0 Å². The predicted molar refractivity (Wildman–Crippen MR) is 129 cm³/mol. The van der Waals surface area contributed by atoms with Gasteiger partial charge in [-0.1, -0.05) is 30.3 Å². The van der Waals surface area contributed by atoms with E-state index < -0.39 is 0 Å². The van der Waals surface area contributed by atoms with E-state index in [1.165, 1.54) is 0 Å². The van der Waals surface area contributed by atoms with Crippen LogP contribution in [0.4, 0.5) is 5.69 Å². The zero-order chi connectivity index (χ0) is 22.9. The van der Waals surface area contributed by atoms with Gasteiger partial charge in [-0.2, -0.15) is 0 Å². The first-order valence-electron chi connectivity index (χ1n) is 11.3. The number of hydrogen-bond donors (Lipinski definition) is 2. The molecule has 1 unspecified atom stereocenters. The number of nitrogens with one attached hydrogen (secondary N) is 2. The van der Waals surface area contributed by atoms with E-state index in [1.54, 1.807) is 0 Å². The molecule has 7 nitrogen and oxygen atoms in total. The molecule has 32 heavy (non-hydrogen) atoms. The SMILES string of the molecule is CCNC(=NCc1ccc(C(=O)N(CC)CC)cc1)NC1CC(=O)N(c2ccccc2)C1. The van der Waals surface area contributed by atoms with Gasteiger partial charge in [-0.05, 0) is 50.6 Å². The number of carbonyl (C=O) groups is 2. The molecule has 0 aromatic heterocycles. The lowest BCUT2D eigenvalue weighted by molar-refractivity contribution is -0.117. The average Bonchev–Trinajstić information content (AvgIpc) is 3.19. The number of benzene rings is 2. The number of hydrogen-bond acceptors (Lipinski definition) is 3. The van der Waals surface area contributed by atoms with Gasteiger partial charge in [0.15, 0.2) is 5.96 Å². The number of aliphatic imine (C=N–C) groups is 1. The summed E-state index contributed by atoms with van der Waals surface area (Å²) in [6.45, 7) is 9.20. The van der Waals surface area contributed by atoms with Crippen LogP contribution < -0.4 is 15.5 Å². The molecule has 1 fully saturated rings. The Bertz CT molecular complexity index is 923. The van der Waals surface area contributed by atoms with Crippen molar-refractivity contribution in [3.63, 3.8) is 0 Å². The molecule has 1 aliphatic heterocycles. The molecule has 0 saturated carbocycles. The van der Waals surface area contributed by atoms with Gasteiger partial charge in [0.05, 0.1) is 12.6 Å². The molecule has 2 N–H and O–H groups in total. The first-order valence-corrected chi connectivity index (χ1v) is 11.3. The van der Waals surface area contributed by atoms with Gasteiger partial charge in [0.25, 0.3) is 5.91 Å². The molecule has 2 aromatic rings. The maximum Gasteiger partial charge on any atom is 0.253 e. The summed E-state index contributed by atoms with van der Waals surface area (Å²) >= 11 is 0. The van der Waals surface area contributed by atoms with Crippen molar-refractivity contribution in [2.75, 3.05) is 31.1 Å². The highest BCUT2D eigenvalue weighted by Crippen LogP contribution is 2.21. The van der Waals surface area contributed by atoms with Gasteiger partial charge in [-0.3, -0.25) is 9.59 Å². The molecule has 0 aliphatic carbocycles. The number of rotatable bonds is 8. The molecule has 3 rings (SSSR count). The zero-order valence-corrected chi connectivity index (χ0v) is 19.2. The van der Waals surface area contributed by atoms with E-state index in [1.807, 2.05) is 85.2 Å². The number of anilines is 1. The Morgan fingerprint density at radius 3 is 2.38 bits per heavy atom. The molecule has 0 radical (unpaired) electrons. The lowest BCUT2D eigenvalue weighted by Crippen LogP contribution is -2.44. The predicted octanol–water partition coefficient (Wildman–Crippen LogP) is 3.03. The van der Waals surface area contributed by atoms with Crippen molar-refractivity contribution < 1.29 is 9.59 Å². The minimum atomic E-state index is -0.00502.